The second-order valence-corrected chi connectivity index (χ2v) is 5.47. The molecule has 0 radical (unpaired) electrons. The molecule has 1 fully saturated rings. The molecular formula is C13H29NO. The van der Waals surface area contributed by atoms with Gasteiger partial charge in [0.1, 0.15) is 0 Å². The Balaban J connectivity index is 0.000000921. The van der Waals surface area contributed by atoms with Crippen LogP contribution in [0.3, 0.4) is 0 Å². The predicted octanol–water partition coefficient (Wildman–Crippen LogP) is 3.07. The first-order chi connectivity index (χ1) is 6.91. The zero-order valence-corrected chi connectivity index (χ0v) is 11.6. The van der Waals surface area contributed by atoms with Crippen LogP contribution in [-0.4, -0.2) is 25.3 Å². The molecule has 2 atom stereocenters. The molecule has 0 spiro atoms. The van der Waals surface area contributed by atoms with E-state index in [4.69, 9.17) is 4.74 Å². The Morgan fingerprint density at radius 2 is 1.67 bits per heavy atom. The normalized spacial score (nSPS) is 27.2. The van der Waals surface area contributed by atoms with Crippen molar-refractivity contribution in [3.05, 3.63) is 0 Å². The average molecular weight is 215 g/mol. The first-order valence-corrected chi connectivity index (χ1v) is 6.25. The molecule has 1 N–H and O–H groups in total. The standard InChI is InChI=1S/C11H23NO.C2H6/c1-8(2)9-6-13-7-10(12-9)11(3,4)5;1-2/h8-10,12H,6-7H2,1-5H3;1-2H3. The third kappa shape index (κ3) is 4.98. The maximum atomic E-state index is 5.62. The first kappa shape index (κ1) is 14.9. The highest BCUT2D eigenvalue weighted by Crippen LogP contribution is 2.23. The molecular weight excluding hydrogens is 186 g/mol. The number of rotatable bonds is 1. The number of ether oxygens (including phenoxy) is 1. The molecule has 2 unspecified atom stereocenters. The molecule has 0 aromatic rings. The molecule has 92 valence electrons. The van der Waals surface area contributed by atoms with Crippen molar-refractivity contribution in [3.63, 3.8) is 0 Å². The van der Waals surface area contributed by atoms with Gasteiger partial charge in [0, 0.05) is 12.1 Å². The lowest BCUT2D eigenvalue weighted by atomic mass is 9.85. The van der Waals surface area contributed by atoms with Gasteiger partial charge in [0.05, 0.1) is 13.2 Å². The van der Waals surface area contributed by atoms with Crippen LogP contribution in [-0.2, 0) is 4.74 Å². The molecule has 0 aromatic carbocycles. The van der Waals surface area contributed by atoms with Crippen LogP contribution in [0.2, 0.25) is 0 Å². The summed E-state index contributed by atoms with van der Waals surface area (Å²) in [6, 6.07) is 1.02. The SMILES string of the molecule is CC.CC(C)C1COCC(C(C)(C)C)N1. The van der Waals surface area contributed by atoms with Crippen LogP contribution >= 0.6 is 0 Å². The zero-order valence-electron chi connectivity index (χ0n) is 11.6. The summed E-state index contributed by atoms with van der Waals surface area (Å²) in [5.41, 5.74) is 0.299. The Hall–Kier alpha value is -0.0800. The van der Waals surface area contributed by atoms with E-state index in [0.29, 0.717) is 23.4 Å². The van der Waals surface area contributed by atoms with Crippen molar-refractivity contribution in [2.75, 3.05) is 13.2 Å². The lowest BCUT2D eigenvalue weighted by Crippen LogP contribution is -2.56. The van der Waals surface area contributed by atoms with Gasteiger partial charge in [-0.25, -0.2) is 0 Å². The number of hydrogen-bond donors (Lipinski definition) is 1. The summed E-state index contributed by atoms with van der Waals surface area (Å²) in [5, 5.41) is 3.67. The average Bonchev–Trinajstić information content (AvgIpc) is 2.20. The van der Waals surface area contributed by atoms with Crippen LogP contribution in [0.1, 0.15) is 48.5 Å². The van der Waals surface area contributed by atoms with Gasteiger partial charge in [0.2, 0.25) is 0 Å². The minimum atomic E-state index is 0.299. The quantitative estimate of drug-likeness (QED) is 0.726. The van der Waals surface area contributed by atoms with E-state index in [1.807, 2.05) is 13.8 Å². The molecule has 1 aliphatic rings. The van der Waals surface area contributed by atoms with Crippen molar-refractivity contribution < 1.29 is 4.74 Å². The molecule has 1 saturated heterocycles. The third-order valence-corrected chi connectivity index (χ3v) is 2.85. The van der Waals surface area contributed by atoms with Crippen molar-refractivity contribution in [3.8, 4) is 0 Å². The van der Waals surface area contributed by atoms with Gasteiger partial charge < -0.3 is 10.1 Å². The van der Waals surface area contributed by atoms with Crippen molar-refractivity contribution in [2.24, 2.45) is 11.3 Å². The van der Waals surface area contributed by atoms with Crippen LogP contribution in [0, 0.1) is 11.3 Å². The molecule has 1 aliphatic heterocycles. The Bertz CT molecular complexity index is 160. The van der Waals surface area contributed by atoms with E-state index in [1.165, 1.54) is 0 Å². The van der Waals surface area contributed by atoms with Crippen molar-refractivity contribution in [1.29, 1.82) is 0 Å². The molecule has 1 heterocycles. The fourth-order valence-electron chi connectivity index (χ4n) is 1.55. The molecule has 0 bridgehead atoms. The fourth-order valence-corrected chi connectivity index (χ4v) is 1.55. The van der Waals surface area contributed by atoms with E-state index in [-0.39, 0.29) is 0 Å². The Labute approximate surface area is 95.8 Å². The van der Waals surface area contributed by atoms with Gasteiger partial charge in [-0.1, -0.05) is 48.5 Å². The van der Waals surface area contributed by atoms with Crippen LogP contribution in [0.5, 0.6) is 0 Å². The maximum absolute atomic E-state index is 5.62. The molecule has 0 aromatic heterocycles. The fraction of sp³-hybridized carbons (Fsp3) is 1.00. The molecule has 2 nitrogen and oxygen atoms in total. The largest absolute Gasteiger partial charge is 0.378 e. The van der Waals surface area contributed by atoms with Crippen LogP contribution in [0.25, 0.3) is 0 Å². The second kappa shape index (κ2) is 6.49. The molecule has 2 heteroatoms. The van der Waals surface area contributed by atoms with Crippen molar-refractivity contribution >= 4 is 0 Å². The van der Waals surface area contributed by atoms with Gasteiger partial charge in [0.15, 0.2) is 0 Å². The number of nitrogens with one attached hydrogen (secondary N) is 1. The lowest BCUT2D eigenvalue weighted by molar-refractivity contribution is 0.0000841. The van der Waals surface area contributed by atoms with Gasteiger partial charge in [-0.05, 0) is 11.3 Å². The van der Waals surface area contributed by atoms with Gasteiger partial charge in [-0.2, -0.15) is 0 Å². The van der Waals surface area contributed by atoms with Crippen molar-refractivity contribution in [1.82, 2.24) is 5.32 Å². The topological polar surface area (TPSA) is 21.3 Å². The summed E-state index contributed by atoms with van der Waals surface area (Å²) in [6.45, 7) is 17.0. The molecule has 0 amide bonds. The van der Waals surface area contributed by atoms with Crippen LogP contribution in [0.4, 0.5) is 0 Å². The minimum Gasteiger partial charge on any atom is -0.378 e. The smallest absolute Gasteiger partial charge is 0.0625 e. The Kier molecular flexibility index (Phi) is 6.46. The van der Waals surface area contributed by atoms with Gasteiger partial charge in [0.25, 0.3) is 0 Å². The molecule has 0 aliphatic carbocycles. The highest BCUT2D eigenvalue weighted by atomic mass is 16.5. The summed E-state index contributed by atoms with van der Waals surface area (Å²) in [5.74, 6) is 0.658. The van der Waals surface area contributed by atoms with Crippen LogP contribution < -0.4 is 5.32 Å². The van der Waals surface area contributed by atoms with Crippen LogP contribution in [0.15, 0.2) is 0 Å². The van der Waals surface area contributed by atoms with E-state index in [0.717, 1.165) is 13.2 Å². The number of hydrogen-bond acceptors (Lipinski definition) is 2. The third-order valence-electron chi connectivity index (χ3n) is 2.85. The monoisotopic (exact) mass is 215 g/mol. The summed E-state index contributed by atoms with van der Waals surface area (Å²) >= 11 is 0. The summed E-state index contributed by atoms with van der Waals surface area (Å²) < 4.78 is 5.62. The van der Waals surface area contributed by atoms with E-state index >= 15 is 0 Å². The highest BCUT2D eigenvalue weighted by molar-refractivity contribution is 4.87. The van der Waals surface area contributed by atoms with E-state index in [9.17, 15) is 0 Å². The molecule has 1 rings (SSSR count). The Morgan fingerprint density at radius 1 is 1.13 bits per heavy atom. The number of morpholine rings is 1. The van der Waals surface area contributed by atoms with Gasteiger partial charge >= 0.3 is 0 Å². The lowest BCUT2D eigenvalue weighted by Gasteiger charge is -2.40. The van der Waals surface area contributed by atoms with Crippen molar-refractivity contribution in [2.45, 2.75) is 60.5 Å². The van der Waals surface area contributed by atoms with Gasteiger partial charge in [-0.3, -0.25) is 0 Å². The van der Waals surface area contributed by atoms with E-state index in [2.05, 4.69) is 39.9 Å². The summed E-state index contributed by atoms with van der Waals surface area (Å²) in [4.78, 5) is 0. The first-order valence-electron chi connectivity index (χ1n) is 6.25. The second-order valence-electron chi connectivity index (χ2n) is 5.47. The summed E-state index contributed by atoms with van der Waals surface area (Å²) in [6.07, 6.45) is 0. The molecule has 15 heavy (non-hydrogen) atoms. The zero-order chi connectivity index (χ0) is 12.1. The molecule has 0 saturated carbocycles. The highest BCUT2D eigenvalue weighted by Gasteiger charge is 2.31. The maximum Gasteiger partial charge on any atom is 0.0625 e. The Morgan fingerprint density at radius 3 is 2.07 bits per heavy atom. The van der Waals surface area contributed by atoms with Gasteiger partial charge in [-0.15, -0.1) is 0 Å². The predicted molar refractivity (Wildman–Crippen MR) is 67.2 cm³/mol. The summed E-state index contributed by atoms with van der Waals surface area (Å²) in [7, 11) is 0. The van der Waals surface area contributed by atoms with E-state index < -0.39 is 0 Å². The minimum absolute atomic E-state index is 0.299. The van der Waals surface area contributed by atoms with E-state index in [1.54, 1.807) is 0 Å².